The molecule has 2 atom stereocenters. The summed E-state index contributed by atoms with van der Waals surface area (Å²) in [6.45, 7) is 4.80. The summed E-state index contributed by atoms with van der Waals surface area (Å²) < 4.78 is 32.8. The van der Waals surface area contributed by atoms with E-state index in [1.807, 2.05) is 24.3 Å². The number of carbonyl (C=O) groups is 1. The number of methoxy groups -OCH3 is 1. The van der Waals surface area contributed by atoms with Gasteiger partial charge in [0.25, 0.3) is 0 Å². The lowest BCUT2D eigenvalue weighted by atomic mass is 9.94. The van der Waals surface area contributed by atoms with Gasteiger partial charge in [0.05, 0.1) is 34.9 Å². The molecule has 1 aliphatic heterocycles. The van der Waals surface area contributed by atoms with Crippen LogP contribution < -0.4 is 10.1 Å². The van der Waals surface area contributed by atoms with Crippen molar-refractivity contribution in [1.29, 1.82) is 0 Å². The fraction of sp³-hybridized carbons (Fsp3) is 0.480. The van der Waals surface area contributed by atoms with Crippen LogP contribution in [-0.2, 0) is 20.6 Å². The standard InChI is InChI=1S/C25H32Cl2N2O4S/c1-17(2)13-24(19-7-9-21(33-3)10-8-19)28-25(30)20-5-4-12-29(15-20)34(31,32)16-18-6-11-22(26)23(27)14-18/h6-11,14,17,20,24H,4-5,12-13,15-16H2,1-3H3,(H,28,30)/t20-,24-/m0/s1. The molecule has 2 aromatic carbocycles. The number of hydrogen-bond donors (Lipinski definition) is 1. The molecule has 3 rings (SSSR count). The zero-order valence-electron chi connectivity index (χ0n) is 19.8. The van der Waals surface area contributed by atoms with Crippen LogP contribution in [0, 0.1) is 11.8 Å². The van der Waals surface area contributed by atoms with Crippen molar-refractivity contribution >= 4 is 39.1 Å². The monoisotopic (exact) mass is 526 g/mol. The quantitative estimate of drug-likeness (QED) is 0.471. The molecule has 0 saturated carbocycles. The molecule has 0 aliphatic carbocycles. The second-order valence-corrected chi connectivity index (χ2v) is 11.9. The Hall–Kier alpha value is -1.80. The molecule has 1 heterocycles. The van der Waals surface area contributed by atoms with E-state index >= 15 is 0 Å². The summed E-state index contributed by atoms with van der Waals surface area (Å²) in [4.78, 5) is 13.2. The average Bonchev–Trinajstić information content (AvgIpc) is 2.80. The zero-order chi connectivity index (χ0) is 24.9. The van der Waals surface area contributed by atoms with Crippen molar-refractivity contribution in [2.45, 2.75) is 44.9 Å². The summed E-state index contributed by atoms with van der Waals surface area (Å²) in [5.41, 5.74) is 1.57. The second-order valence-electron chi connectivity index (χ2n) is 9.17. The lowest BCUT2D eigenvalue weighted by Crippen LogP contribution is -2.46. The molecule has 0 aromatic heterocycles. The summed E-state index contributed by atoms with van der Waals surface area (Å²) in [5, 5.41) is 3.87. The van der Waals surface area contributed by atoms with Crippen LogP contribution in [0.25, 0.3) is 0 Å². The second kappa shape index (κ2) is 11.8. The van der Waals surface area contributed by atoms with Crippen LogP contribution in [-0.4, -0.2) is 38.8 Å². The molecule has 1 fully saturated rings. The van der Waals surface area contributed by atoms with Crippen LogP contribution in [0.5, 0.6) is 5.75 Å². The average molecular weight is 528 g/mol. The molecule has 34 heavy (non-hydrogen) atoms. The van der Waals surface area contributed by atoms with Crippen molar-refractivity contribution in [3.05, 3.63) is 63.6 Å². The normalized spacial score (nSPS) is 18.0. The molecule has 1 amide bonds. The number of rotatable bonds is 9. The maximum atomic E-state index is 13.2. The molecule has 0 spiro atoms. The Kier molecular flexibility index (Phi) is 9.27. The third-order valence-corrected chi connectivity index (χ3v) is 8.58. The van der Waals surface area contributed by atoms with E-state index in [0.29, 0.717) is 40.9 Å². The lowest BCUT2D eigenvalue weighted by molar-refractivity contribution is -0.127. The van der Waals surface area contributed by atoms with E-state index in [1.54, 1.807) is 25.3 Å². The van der Waals surface area contributed by atoms with Crippen molar-refractivity contribution in [3.63, 3.8) is 0 Å². The molecule has 1 aliphatic rings. The maximum absolute atomic E-state index is 13.2. The van der Waals surface area contributed by atoms with Gasteiger partial charge in [-0.25, -0.2) is 12.7 Å². The van der Waals surface area contributed by atoms with Crippen LogP contribution >= 0.6 is 23.2 Å². The van der Waals surface area contributed by atoms with E-state index < -0.39 is 15.9 Å². The van der Waals surface area contributed by atoms with Gasteiger partial charge in [-0.3, -0.25) is 4.79 Å². The Bertz CT molecular complexity index is 1090. The van der Waals surface area contributed by atoms with Gasteiger partial charge in [0.1, 0.15) is 5.75 Å². The van der Waals surface area contributed by atoms with Gasteiger partial charge in [0.15, 0.2) is 0 Å². The van der Waals surface area contributed by atoms with E-state index in [2.05, 4.69) is 19.2 Å². The largest absolute Gasteiger partial charge is 0.497 e. The number of benzene rings is 2. The van der Waals surface area contributed by atoms with E-state index in [9.17, 15) is 13.2 Å². The van der Waals surface area contributed by atoms with Crippen LogP contribution in [0.3, 0.4) is 0 Å². The summed E-state index contributed by atoms with van der Waals surface area (Å²) in [6, 6.07) is 12.4. The third-order valence-electron chi connectivity index (χ3n) is 6.02. The topological polar surface area (TPSA) is 75.7 Å². The van der Waals surface area contributed by atoms with Crippen molar-refractivity contribution in [2.75, 3.05) is 20.2 Å². The number of hydrogen-bond acceptors (Lipinski definition) is 4. The van der Waals surface area contributed by atoms with Crippen LogP contribution in [0.1, 0.15) is 50.3 Å². The first-order valence-corrected chi connectivity index (χ1v) is 13.8. The van der Waals surface area contributed by atoms with Crippen molar-refractivity contribution in [2.24, 2.45) is 11.8 Å². The Balaban J connectivity index is 1.69. The van der Waals surface area contributed by atoms with E-state index in [0.717, 1.165) is 17.7 Å². The van der Waals surface area contributed by atoms with Crippen LogP contribution in [0.4, 0.5) is 0 Å². The number of carbonyl (C=O) groups excluding carboxylic acids is 1. The van der Waals surface area contributed by atoms with Gasteiger partial charge in [-0.1, -0.05) is 55.2 Å². The number of nitrogens with one attached hydrogen (secondary N) is 1. The highest BCUT2D eigenvalue weighted by Crippen LogP contribution is 2.28. The first-order valence-electron chi connectivity index (χ1n) is 11.4. The Morgan fingerprint density at radius 2 is 1.85 bits per heavy atom. The first kappa shape index (κ1) is 26.8. The smallest absolute Gasteiger partial charge is 0.224 e. The minimum absolute atomic E-state index is 0.115. The van der Waals surface area contributed by atoms with Crippen molar-refractivity contribution in [1.82, 2.24) is 9.62 Å². The van der Waals surface area contributed by atoms with Gasteiger partial charge < -0.3 is 10.1 Å². The molecular formula is C25H32Cl2N2O4S. The lowest BCUT2D eigenvalue weighted by Gasteiger charge is -2.32. The van der Waals surface area contributed by atoms with Crippen LogP contribution in [0.15, 0.2) is 42.5 Å². The van der Waals surface area contributed by atoms with Crippen molar-refractivity contribution < 1.29 is 17.9 Å². The molecule has 1 N–H and O–H groups in total. The molecule has 0 radical (unpaired) electrons. The van der Waals surface area contributed by atoms with Gasteiger partial charge in [-0.15, -0.1) is 0 Å². The maximum Gasteiger partial charge on any atom is 0.224 e. The summed E-state index contributed by atoms with van der Waals surface area (Å²) in [6.07, 6.45) is 2.07. The van der Waals surface area contributed by atoms with E-state index in [1.165, 1.54) is 4.31 Å². The molecule has 1 saturated heterocycles. The molecule has 186 valence electrons. The summed E-state index contributed by atoms with van der Waals surface area (Å²) >= 11 is 12.0. The molecule has 6 nitrogen and oxygen atoms in total. The highest BCUT2D eigenvalue weighted by molar-refractivity contribution is 7.88. The SMILES string of the molecule is COc1ccc([C@H](CC(C)C)NC(=O)[C@H]2CCCN(S(=O)(=O)Cc3ccc(Cl)c(Cl)c3)C2)cc1. The highest BCUT2D eigenvalue weighted by Gasteiger charge is 2.33. The van der Waals surface area contributed by atoms with Gasteiger partial charge in [-0.2, -0.15) is 0 Å². The molecule has 0 bridgehead atoms. The number of ether oxygens (including phenoxy) is 1. The predicted octanol–water partition coefficient (Wildman–Crippen LogP) is 5.45. The number of nitrogens with zero attached hydrogens (tertiary/aromatic N) is 1. The number of amides is 1. The minimum atomic E-state index is -3.60. The van der Waals surface area contributed by atoms with Gasteiger partial charge in [-0.05, 0) is 60.6 Å². The zero-order valence-corrected chi connectivity index (χ0v) is 22.1. The Morgan fingerprint density at radius 3 is 2.47 bits per heavy atom. The van der Waals surface area contributed by atoms with Crippen molar-refractivity contribution in [3.8, 4) is 5.75 Å². The fourth-order valence-corrected chi connectivity index (χ4v) is 6.13. The van der Waals surface area contributed by atoms with E-state index in [4.69, 9.17) is 27.9 Å². The molecular weight excluding hydrogens is 495 g/mol. The summed E-state index contributed by atoms with van der Waals surface area (Å²) in [5.74, 6) is 0.441. The molecule has 2 aromatic rings. The molecule has 9 heteroatoms. The number of halogens is 2. The van der Waals surface area contributed by atoms with E-state index in [-0.39, 0.29) is 24.2 Å². The third kappa shape index (κ3) is 7.11. The number of piperidine rings is 1. The van der Waals surface area contributed by atoms with Crippen LogP contribution in [0.2, 0.25) is 10.0 Å². The minimum Gasteiger partial charge on any atom is -0.497 e. The number of sulfonamides is 1. The Morgan fingerprint density at radius 1 is 1.15 bits per heavy atom. The Labute approximate surface area is 212 Å². The van der Waals surface area contributed by atoms with Gasteiger partial charge in [0.2, 0.25) is 15.9 Å². The predicted molar refractivity (Wildman–Crippen MR) is 137 cm³/mol. The van der Waals surface area contributed by atoms with Gasteiger partial charge >= 0.3 is 0 Å². The highest BCUT2D eigenvalue weighted by atomic mass is 35.5. The van der Waals surface area contributed by atoms with Gasteiger partial charge in [0, 0.05) is 13.1 Å². The molecule has 0 unspecified atom stereocenters. The fourth-order valence-electron chi connectivity index (χ4n) is 4.22. The summed E-state index contributed by atoms with van der Waals surface area (Å²) in [7, 11) is -1.98. The first-order chi connectivity index (χ1) is 16.1.